The summed E-state index contributed by atoms with van der Waals surface area (Å²) in [5.74, 6) is 0.609. The molecule has 1 aromatic heterocycles. The average molecular weight is 462 g/mol. The first-order chi connectivity index (χ1) is 14.9. The van der Waals surface area contributed by atoms with Crippen molar-refractivity contribution in [3.05, 3.63) is 63.3 Å². The molecule has 6 nitrogen and oxygen atoms in total. The van der Waals surface area contributed by atoms with Gasteiger partial charge < -0.3 is 19.9 Å². The van der Waals surface area contributed by atoms with Gasteiger partial charge in [0, 0.05) is 29.5 Å². The number of hydrogen-bond donors (Lipinski definition) is 1. The molecule has 2 heterocycles. The number of hydrogen-bond acceptors (Lipinski definition) is 4. The number of halogens is 1. The van der Waals surface area contributed by atoms with Crippen LogP contribution >= 0.6 is 22.9 Å². The molecule has 3 rings (SSSR count). The van der Waals surface area contributed by atoms with Crippen molar-refractivity contribution in [3.63, 3.8) is 0 Å². The van der Waals surface area contributed by atoms with Crippen LogP contribution in [0.25, 0.3) is 0 Å². The second kappa shape index (κ2) is 10.7. The van der Waals surface area contributed by atoms with Gasteiger partial charge in [0.2, 0.25) is 5.91 Å². The first kappa shape index (κ1) is 23.2. The Balaban J connectivity index is 1.77. The fourth-order valence-corrected chi connectivity index (χ4v) is 4.69. The summed E-state index contributed by atoms with van der Waals surface area (Å²) in [5.41, 5.74) is 2.05. The smallest absolute Gasteiger partial charge is 0.318 e. The van der Waals surface area contributed by atoms with E-state index in [1.54, 1.807) is 17.4 Å². The van der Waals surface area contributed by atoms with Crippen molar-refractivity contribution >= 4 is 34.9 Å². The minimum Gasteiger partial charge on any atom is -0.491 e. The highest BCUT2D eigenvalue weighted by atomic mass is 35.5. The van der Waals surface area contributed by atoms with Crippen molar-refractivity contribution < 1.29 is 14.3 Å². The molecule has 0 fully saturated rings. The molecule has 0 bridgehead atoms. The van der Waals surface area contributed by atoms with E-state index in [1.165, 1.54) is 9.78 Å². The first-order valence-electron chi connectivity index (χ1n) is 10.3. The third kappa shape index (κ3) is 5.60. The predicted octanol–water partition coefficient (Wildman–Crippen LogP) is 4.43. The monoisotopic (exact) mass is 461 g/mol. The van der Waals surface area contributed by atoms with E-state index in [4.69, 9.17) is 16.3 Å². The van der Waals surface area contributed by atoms with Gasteiger partial charge in [-0.15, -0.1) is 17.9 Å². The molecule has 3 amide bonds. The van der Waals surface area contributed by atoms with Gasteiger partial charge in [-0.2, -0.15) is 0 Å². The van der Waals surface area contributed by atoms with Crippen LogP contribution in [0, 0.1) is 6.92 Å². The molecule has 1 aromatic carbocycles. The molecule has 0 radical (unpaired) electrons. The van der Waals surface area contributed by atoms with Gasteiger partial charge in [0.1, 0.15) is 18.9 Å². The Kier molecular flexibility index (Phi) is 7.98. The fourth-order valence-electron chi connectivity index (χ4n) is 3.65. The lowest BCUT2D eigenvalue weighted by molar-refractivity contribution is -0.135. The number of nitrogens with zero attached hydrogens (tertiary/aromatic N) is 2. The van der Waals surface area contributed by atoms with Gasteiger partial charge in [0.25, 0.3) is 0 Å². The van der Waals surface area contributed by atoms with Crippen LogP contribution in [-0.4, -0.2) is 54.5 Å². The number of aryl methyl sites for hydroxylation is 1. The molecule has 1 aliphatic heterocycles. The molecule has 1 atom stereocenters. The Hall–Kier alpha value is -2.51. The number of fused-ring (bicyclic) bond motifs is 1. The summed E-state index contributed by atoms with van der Waals surface area (Å²) in [5, 5.41) is 5.49. The highest BCUT2D eigenvalue weighted by Gasteiger charge is 2.33. The third-order valence-electron chi connectivity index (χ3n) is 5.24. The SMILES string of the molecule is C=CCN(CC(=O)N1CCc2sccc2[C@H]1COc1ccc(Cl)c(C)c1)C(=O)NCC. The van der Waals surface area contributed by atoms with Crippen LogP contribution in [0.2, 0.25) is 5.02 Å². The number of thiophene rings is 1. The molecule has 0 spiro atoms. The zero-order valence-electron chi connectivity index (χ0n) is 17.9. The normalized spacial score (nSPS) is 15.2. The Morgan fingerprint density at radius 2 is 2.23 bits per heavy atom. The van der Waals surface area contributed by atoms with Gasteiger partial charge in [-0.3, -0.25) is 4.79 Å². The number of carbonyl (C=O) groups is 2. The minimum absolute atomic E-state index is 0.00607. The van der Waals surface area contributed by atoms with Crippen molar-refractivity contribution in [1.29, 1.82) is 0 Å². The van der Waals surface area contributed by atoms with Gasteiger partial charge >= 0.3 is 6.03 Å². The predicted molar refractivity (Wildman–Crippen MR) is 125 cm³/mol. The van der Waals surface area contributed by atoms with Crippen LogP contribution < -0.4 is 10.1 Å². The van der Waals surface area contributed by atoms with E-state index >= 15 is 0 Å². The number of ether oxygens (including phenoxy) is 1. The van der Waals surface area contributed by atoms with Crippen molar-refractivity contribution in [1.82, 2.24) is 15.1 Å². The maximum absolute atomic E-state index is 13.2. The van der Waals surface area contributed by atoms with Gasteiger partial charge in [-0.25, -0.2) is 4.79 Å². The summed E-state index contributed by atoms with van der Waals surface area (Å²) in [6.45, 7) is 9.21. The molecule has 1 aliphatic rings. The van der Waals surface area contributed by atoms with Crippen LogP contribution in [0.1, 0.15) is 29.0 Å². The zero-order chi connectivity index (χ0) is 22.4. The Labute approximate surface area is 192 Å². The molecule has 0 saturated carbocycles. The summed E-state index contributed by atoms with van der Waals surface area (Å²) in [6, 6.07) is 7.12. The molecule has 0 saturated heterocycles. The fraction of sp³-hybridized carbons (Fsp3) is 0.391. The minimum atomic E-state index is -0.270. The number of urea groups is 1. The topological polar surface area (TPSA) is 61.9 Å². The summed E-state index contributed by atoms with van der Waals surface area (Å²) in [6.07, 6.45) is 2.43. The summed E-state index contributed by atoms with van der Waals surface area (Å²) < 4.78 is 6.07. The van der Waals surface area contributed by atoms with Crippen LogP contribution in [0.5, 0.6) is 5.75 Å². The number of rotatable bonds is 8. The Morgan fingerprint density at radius 3 is 2.94 bits per heavy atom. The van der Waals surface area contributed by atoms with Gasteiger partial charge in [-0.05, 0) is 61.0 Å². The van der Waals surface area contributed by atoms with E-state index in [2.05, 4.69) is 23.3 Å². The molecule has 1 N–H and O–H groups in total. The number of nitrogens with one attached hydrogen (secondary N) is 1. The highest BCUT2D eigenvalue weighted by Crippen LogP contribution is 2.34. The van der Waals surface area contributed by atoms with E-state index in [9.17, 15) is 9.59 Å². The lowest BCUT2D eigenvalue weighted by Gasteiger charge is -2.37. The van der Waals surface area contributed by atoms with Gasteiger partial charge in [0.05, 0.1) is 6.04 Å². The average Bonchev–Trinajstić information content (AvgIpc) is 3.23. The van der Waals surface area contributed by atoms with Crippen molar-refractivity contribution in [3.8, 4) is 5.75 Å². The molecule has 31 heavy (non-hydrogen) atoms. The summed E-state index contributed by atoms with van der Waals surface area (Å²) >= 11 is 7.82. The lowest BCUT2D eigenvalue weighted by atomic mass is 10.0. The second-order valence-corrected chi connectivity index (χ2v) is 8.79. The van der Waals surface area contributed by atoms with Crippen LogP contribution in [0.15, 0.2) is 42.3 Å². The number of carbonyl (C=O) groups excluding carboxylic acids is 2. The van der Waals surface area contributed by atoms with E-state index in [1.807, 2.05) is 36.9 Å². The first-order valence-corrected chi connectivity index (χ1v) is 11.6. The number of amides is 3. The van der Waals surface area contributed by atoms with Crippen LogP contribution in [0.3, 0.4) is 0 Å². The summed E-state index contributed by atoms with van der Waals surface area (Å²) in [4.78, 5) is 30.1. The van der Waals surface area contributed by atoms with Crippen LogP contribution in [0.4, 0.5) is 4.79 Å². The molecular formula is C23H28ClN3O3S. The van der Waals surface area contributed by atoms with Crippen molar-refractivity contribution in [2.75, 3.05) is 32.8 Å². The van der Waals surface area contributed by atoms with Gasteiger partial charge in [0.15, 0.2) is 0 Å². The summed E-state index contributed by atoms with van der Waals surface area (Å²) in [7, 11) is 0. The van der Waals surface area contributed by atoms with E-state index in [0.29, 0.717) is 37.0 Å². The largest absolute Gasteiger partial charge is 0.491 e. The third-order valence-corrected chi connectivity index (χ3v) is 6.66. The molecular weight excluding hydrogens is 434 g/mol. The van der Waals surface area contributed by atoms with E-state index < -0.39 is 0 Å². The van der Waals surface area contributed by atoms with Crippen molar-refractivity contribution in [2.45, 2.75) is 26.3 Å². The maximum Gasteiger partial charge on any atom is 0.318 e. The quantitative estimate of drug-likeness (QED) is 0.591. The zero-order valence-corrected chi connectivity index (χ0v) is 19.5. The van der Waals surface area contributed by atoms with Crippen molar-refractivity contribution in [2.24, 2.45) is 0 Å². The molecule has 2 aromatic rings. The Bertz CT molecular complexity index is 946. The Morgan fingerprint density at radius 1 is 1.42 bits per heavy atom. The molecule has 0 unspecified atom stereocenters. The highest BCUT2D eigenvalue weighted by molar-refractivity contribution is 7.10. The molecule has 8 heteroatoms. The maximum atomic E-state index is 13.2. The number of benzene rings is 1. The van der Waals surface area contributed by atoms with Gasteiger partial charge in [-0.1, -0.05) is 17.7 Å². The van der Waals surface area contributed by atoms with E-state index in [-0.39, 0.29) is 24.5 Å². The standard InChI is InChI=1S/C23H28ClN3O3S/c1-4-10-26(23(29)25-5-2)14-22(28)27-11-8-21-18(9-12-31-21)20(27)15-30-17-6-7-19(24)16(3)13-17/h4,6-7,9,12-13,20H,1,5,8,10-11,14-15H2,2-3H3,(H,25,29)/t20-/m1/s1. The second-order valence-electron chi connectivity index (χ2n) is 7.38. The molecule has 0 aliphatic carbocycles. The van der Waals surface area contributed by atoms with Crippen LogP contribution in [-0.2, 0) is 11.2 Å². The lowest BCUT2D eigenvalue weighted by Crippen LogP contribution is -2.49. The van der Waals surface area contributed by atoms with E-state index in [0.717, 1.165) is 17.5 Å². The molecule has 166 valence electrons.